The summed E-state index contributed by atoms with van der Waals surface area (Å²) in [5, 5.41) is 3.58. The molecular formula is C14H31NS. The second-order valence-electron chi connectivity index (χ2n) is 5.61. The summed E-state index contributed by atoms with van der Waals surface area (Å²) < 4.78 is 0. The van der Waals surface area contributed by atoms with Crippen molar-refractivity contribution in [3.63, 3.8) is 0 Å². The van der Waals surface area contributed by atoms with E-state index in [-0.39, 0.29) is 0 Å². The number of nitrogens with one attached hydrogen (secondary N) is 1. The quantitative estimate of drug-likeness (QED) is 0.612. The Morgan fingerprint density at radius 2 is 1.88 bits per heavy atom. The highest BCUT2D eigenvalue weighted by molar-refractivity contribution is 7.99. The fraction of sp³-hybridized carbons (Fsp3) is 1.00. The highest BCUT2D eigenvalue weighted by atomic mass is 32.2. The summed E-state index contributed by atoms with van der Waals surface area (Å²) in [6.45, 7) is 13.9. The molecule has 0 saturated carbocycles. The van der Waals surface area contributed by atoms with Crippen molar-refractivity contribution in [3.8, 4) is 0 Å². The second kappa shape index (κ2) is 9.35. The lowest BCUT2D eigenvalue weighted by Crippen LogP contribution is -2.32. The van der Waals surface area contributed by atoms with Gasteiger partial charge >= 0.3 is 0 Å². The van der Waals surface area contributed by atoms with Crippen LogP contribution in [0.1, 0.15) is 53.9 Å². The molecule has 0 heterocycles. The summed E-state index contributed by atoms with van der Waals surface area (Å²) in [6, 6.07) is 0. The number of thioether (sulfide) groups is 1. The zero-order chi connectivity index (χ0) is 12.4. The summed E-state index contributed by atoms with van der Waals surface area (Å²) in [7, 11) is 0. The summed E-state index contributed by atoms with van der Waals surface area (Å²) in [5.41, 5.74) is 0.442. The monoisotopic (exact) mass is 245 g/mol. The number of rotatable bonds is 9. The third kappa shape index (κ3) is 8.46. The van der Waals surface area contributed by atoms with Crippen LogP contribution in [-0.4, -0.2) is 24.6 Å². The molecule has 0 bridgehead atoms. The molecule has 0 rings (SSSR count). The van der Waals surface area contributed by atoms with Gasteiger partial charge in [-0.3, -0.25) is 0 Å². The van der Waals surface area contributed by atoms with Gasteiger partial charge in [0.25, 0.3) is 0 Å². The van der Waals surface area contributed by atoms with Crippen molar-refractivity contribution < 1.29 is 0 Å². The lowest BCUT2D eigenvalue weighted by Gasteiger charge is -2.31. The lowest BCUT2D eigenvalue weighted by molar-refractivity contribution is 0.218. The van der Waals surface area contributed by atoms with Gasteiger partial charge in [0, 0.05) is 0 Å². The Morgan fingerprint density at radius 1 is 1.19 bits per heavy atom. The molecule has 0 aromatic carbocycles. The SMILES string of the molecule is CCCNCC(CCCSCC)C(C)(C)C. The minimum atomic E-state index is 0.442. The molecule has 1 atom stereocenters. The molecule has 0 aliphatic carbocycles. The van der Waals surface area contributed by atoms with E-state index in [4.69, 9.17) is 0 Å². The Kier molecular flexibility index (Phi) is 9.53. The summed E-state index contributed by atoms with van der Waals surface area (Å²) in [4.78, 5) is 0. The van der Waals surface area contributed by atoms with Gasteiger partial charge in [0.15, 0.2) is 0 Å². The molecule has 0 spiro atoms. The standard InChI is InChI=1S/C14H31NS/c1-6-10-15-12-13(14(3,4)5)9-8-11-16-7-2/h13,15H,6-12H2,1-5H3. The van der Waals surface area contributed by atoms with E-state index in [9.17, 15) is 0 Å². The fourth-order valence-electron chi connectivity index (χ4n) is 1.87. The first-order valence-electron chi connectivity index (χ1n) is 6.80. The van der Waals surface area contributed by atoms with Crippen molar-refractivity contribution in [1.29, 1.82) is 0 Å². The second-order valence-corrected chi connectivity index (χ2v) is 7.00. The fourth-order valence-corrected chi connectivity index (χ4v) is 2.53. The van der Waals surface area contributed by atoms with Gasteiger partial charge < -0.3 is 5.32 Å². The van der Waals surface area contributed by atoms with Crippen molar-refractivity contribution in [2.24, 2.45) is 11.3 Å². The van der Waals surface area contributed by atoms with Crippen LogP contribution in [0.2, 0.25) is 0 Å². The van der Waals surface area contributed by atoms with E-state index in [1.165, 1.54) is 37.3 Å². The van der Waals surface area contributed by atoms with Crippen molar-refractivity contribution in [1.82, 2.24) is 5.32 Å². The Bertz CT molecular complexity index is 151. The molecule has 0 amide bonds. The van der Waals surface area contributed by atoms with Crippen LogP contribution >= 0.6 is 11.8 Å². The summed E-state index contributed by atoms with van der Waals surface area (Å²) >= 11 is 2.07. The normalized spacial score (nSPS) is 14.1. The first kappa shape index (κ1) is 16.3. The van der Waals surface area contributed by atoms with Crippen LogP contribution < -0.4 is 5.32 Å². The maximum absolute atomic E-state index is 3.58. The average molecular weight is 245 g/mol. The van der Waals surface area contributed by atoms with Crippen LogP contribution in [0.15, 0.2) is 0 Å². The molecule has 98 valence electrons. The highest BCUT2D eigenvalue weighted by Crippen LogP contribution is 2.29. The summed E-state index contributed by atoms with van der Waals surface area (Å²) in [6.07, 6.45) is 3.98. The van der Waals surface area contributed by atoms with Crippen LogP contribution in [0.25, 0.3) is 0 Å². The highest BCUT2D eigenvalue weighted by Gasteiger charge is 2.23. The molecular weight excluding hydrogens is 214 g/mol. The molecule has 0 aliphatic heterocycles. The molecule has 0 radical (unpaired) electrons. The van der Waals surface area contributed by atoms with Gasteiger partial charge in [-0.1, -0.05) is 34.6 Å². The molecule has 0 aromatic rings. The van der Waals surface area contributed by atoms with Gasteiger partial charge in [-0.2, -0.15) is 11.8 Å². The van der Waals surface area contributed by atoms with E-state index in [0.717, 1.165) is 12.5 Å². The van der Waals surface area contributed by atoms with E-state index in [0.29, 0.717) is 5.41 Å². The Morgan fingerprint density at radius 3 is 2.38 bits per heavy atom. The van der Waals surface area contributed by atoms with Gasteiger partial charge in [-0.25, -0.2) is 0 Å². The van der Waals surface area contributed by atoms with Gasteiger partial charge in [0.2, 0.25) is 0 Å². The van der Waals surface area contributed by atoms with Crippen LogP contribution in [0.5, 0.6) is 0 Å². The van der Waals surface area contributed by atoms with E-state index in [2.05, 4.69) is 51.7 Å². The third-order valence-corrected chi connectivity index (χ3v) is 4.07. The zero-order valence-corrected chi connectivity index (χ0v) is 12.8. The Labute approximate surface area is 107 Å². The van der Waals surface area contributed by atoms with Gasteiger partial charge in [0.05, 0.1) is 0 Å². The lowest BCUT2D eigenvalue weighted by atomic mass is 9.78. The molecule has 1 nitrogen and oxygen atoms in total. The number of hydrogen-bond donors (Lipinski definition) is 1. The molecule has 1 unspecified atom stereocenters. The van der Waals surface area contributed by atoms with E-state index < -0.39 is 0 Å². The molecule has 2 heteroatoms. The largest absolute Gasteiger partial charge is 0.316 e. The van der Waals surface area contributed by atoms with Gasteiger partial charge in [-0.05, 0) is 55.2 Å². The average Bonchev–Trinajstić information content (AvgIpc) is 2.20. The molecule has 0 fully saturated rings. The van der Waals surface area contributed by atoms with Crippen molar-refractivity contribution in [2.75, 3.05) is 24.6 Å². The molecule has 16 heavy (non-hydrogen) atoms. The zero-order valence-electron chi connectivity index (χ0n) is 11.9. The molecule has 0 saturated heterocycles. The van der Waals surface area contributed by atoms with Gasteiger partial charge in [-0.15, -0.1) is 0 Å². The van der Waals surface area contributed by atoms with E-state index >= 15 is 0 Å². The minimum Gasteiger partial charge on any atom is -0.316 e. The molecule has 0 aliphatic rings. The predicted molar refractivity (Wildman–Crippen MR) is 78.3 cm³/mol. The van der Waals surface area contributed by atoms with E-state index in [1.807, 2.05) is 0 Å². The van der Waals surface area contributed by atoms with Gasteiger partial charge in [0.1, 0.15) is 0 Å². The maximum Gasteiger partial charge on any atom is -0.00155 e. The van der Waals surface area contributed by atoms with Crippen LogP contribution in [0.4, 0.5) is 0 Å². The van der Waals surface area contributed by atoms with Crippen LogP contribution in [0.3, 0.4) is 0 Å². The first-order valence-corrected chi connectivity index (χ1v) is 7.96. The molecule has 0 aromatic heterocycles. The smallest absolute Gasteiger partial charge is 0.00155 e. The topological polar surface area (TPSA) is 12.0 Å². The van der Waals surface area contributed by atoms with Crippen LogP contribution in [0, 0.1) is 11.3 Å². The molecule has 1 N–H and O–H groups in total. The Hall–Kier alpha value is 0.310. The van der Waals surface area contributed by atoms with Crippen LogP contribution in [-0.2, 0) is 0 Å². The third-order valence-electron chi connectivity index (χ3n) is 3.09. The van der Waals surface area contributed by atoms with Crippen molar-refractivity contribution in [2.45, 2.75) is 53.9 Å². The van der Waals surface area contributed by atoms with E-state index in [1.54, 1.807) is 0 Å². The summed E-state index contributed by atoms with van der Waals surface area (Å²) in [5.74, 6) is 3.40. The first-order chi connectivity index (χ1) is 7.52. The Balaban J connectivity index is 3.82. The van der Waals surface area contributed by atoms with Crippen molar-refractivity contribution in [3.05, 3.63) is 0 Å². The number of hydrogen-bond acceptors (Lipinski definition) is 2. The van der Waals surface area contributed by atoms with Crippen molar-refractivity contribution >= 4 is 11.8 Å². The maximum atomic E-state index is 3.58. The predicted octanol–water partition coefficient (Wildman–Crippen LogP) is 4.18. The minimum absolute atomic E-state index is 0.442.